The molecule has 4 N–H and O–H groups in total. The molecule has 0 aromatic heterocycles. The molecule has 57 heavy (non-hydrogen) atoms. The van der Waals surface area contributed by atoms with Crippen LogP contribution in [0.4, 0.5) is 0 Å². The predicted molar refractivity (Wildman–Crippen MR) is 210 cm³/mol. The number of rotatable bonds is 25. The first kappa shape index (κ1) is 46.4. The van der Waals surface area contributed by atoms with Crippen molar-refractivity contribution < 1.29 is 58.6 Å². The molecule has 1 saturated carbocycles. The number of methoxy groups -OCH3 is 1. The second kappa shape index (κ2) is 25.3. The van der Waals surface area contributed by atoms with E-state index in [0.29, 0.717) is 60.6 Å². The van der Waals surface area contributed by atoms with Gasteiger partial charge in [0.15, 0.2) is 0 Å². The molecule has 0 radical (unpaired) electrons. The third-order valence-electron chi connectivity index (χ3n) is 9.08. The van der Waals surface area contributed by atoms with Crippen molar-refractivity contribution in [2.24, 2.45) is 11.8 Å². The van der Waals surface area contributed by atoms with E-state index < -0.39 is 41.4 Å². The molecule has 2 aromatic carbocycles. The Kier molecular flexibility index (Phi) is 20.6. The smallest absolute Gasteiger partial charge is 0.330 e. The fourth-order valence-corrected chi connectivity index (χ4v) is 6.23. The topological polar surface area (TPSA) is 213 Å². The fourth-order valence-electron chi connectivity index (χ4n) is 6.05. The number of halogens is 1. The van der Waals surface area contributed by atoms with Crippen molar-refractivity contribution in [3.63, 3.8) is 0 Å². The number of unbranched alkanes of at least 4 members (excludes halogenated alkanes) is 2. The Hall–Kier alpha value is -4.96. The predicted octanol–water partition coefficient (Wildman–Crippen LogP) is 5.00. The normalized spacial score (nSPS) is 19.1. The molecule has 16 heteroatoms. The first-order chi connectivity index (χ1) is 27.4. The van der Waals surface area contributed by atoms with Gasteiger partial charge in [0.05, 0.1) is 32.5 Å². The van der Waals surface area contributed by atoms with Crippen LogP contribution in [0, 0.1) is 22.0 Å². The standard InChI is InChI=1S/C41H53ClN2O13/c1-28(41(50)56-26-30-18-17-29(23-38(30)53-2)11-9-16-40(49)54-21-7-8-22-57-44(51)52)43-39(48)15-6-4-3-5-14-34-35(37(47)25-36(34)46)20-19-32(45)27-55-33-13-10-12-31(42)24-33/h3,5,9-10,12-13,16-20,23-24,28,32,34-37,45-47H,4,6-8,11,14-15,21-22,25-27H2,1-2H3,(H,43,48)/b5-3-,16-9+,20-19+/t28?,32-,34-,35-,36+,37-/m1/s1. The average Bonchev–Trinajstić information content (AvgIpc) is 3.45. The number of carbonyl (C=O) groups excluding carboxylic acids is 3. The van der Waals surface area contributed by atoms with E-state index in [1.807, 2.05) is 12.2 Å². The molecular weight excluding hydrogens is 764 g/mol. The van der Waals surface area contributed by atoms with Crippen LogP contribution in [0.5, 0.6) is 11.5 Å². The quantitative estimate of drug-likeness (QED) is 0.0260. The third kappa shape index (κ3) is 17.8. The summed E-state index contributed by atoms with van der Waals surface area (Å²) in [6.07, 6.45) is 11.0. The molecule has 6 atom stereocenters. The van der Waals surface area contributed by atoms with Crippen LogP contribution < -0.4 is 14.8 Å². The molecule has 312 valence electrons. The number of hydrogen-bond acceptors (Lipinski definition) is 13. The zero-order valence-electron chi connectivity index (χ0n) is 32.2. The van der Waals surface area contributed by atoms with Gasteiger partial charge in [-0.25, -0.2) is 9.59 Å². The van der Waals surface area contributed by atoms with Gasteiger partial charge in [0, 0.05) is 35.4 Å². The monoisotopic (exact) mass is 816 g/mol. The Labute approximate surface area is 337 Å². The Morgan fingerprint density at radius 3 is 2.58 bits per heavy atom. The van der Waals surface area contributed by atoms with E-state index in [4.69, 9.17) is 30.5 Å². The molecule has 0 heterocycles. The van der Waals surface area contributed by atoms with Crippen molar-refractivity contribution in [2.75, 3.05) is 26.9 Å². The lowest BCUT2D eigenvalue weighted by atomic mass is 9.89. The summed E-state index contributed by atoms with van der Waals surface area (Å²) in [6.45, 7) is 1.53. The first-order valence-corrected chi connectivity index (χ1v) is 19.2. The molecule has 2 aromatic rings. The summed E-state index contributed by atoms with van der Waals surface area (Å²) in [6, 6.07) is 11.3. The molecule has 15 nitrogen and oxygen atoms in total. The molecule has 1 unspecified atom stereocenters. The van der Waals surface area contributed by atoms with Gasteiger partial charge in [-0.05, 0) is 81.2 Å². The van der Waals surface area contributed by atoms with Crippen molar-refractivity contribution in [1.82, 2.24) is 5.32 Å². The molecule has 3 rings (SSSR count). The van der Waals surface area contributed by atoms with E-state index in [1.165, 1.54) is 13.2 Å². The van der Waals surface area contributed by atoms with Gasteiger partial charge in [0.2, 0.25) is 5.91 Å². The summed E-state index contributed by atoms with van der Waals surface area (Å²) in [5.41, 5.74) is 1.45. The van der Waals surface area contributed by atoms with E-state index in [-0.39, 0.29) is 57.0 Å². The number of aliphatic hydroxyl groups is 3. The number of ether oxygens (including phenoxy) is 4. The van der Waals surface area contributed by atoms with Crippen molar-refractivity contribution >= 4 is 29.4 Å². The number of carbonyl (C=O) groups is 3. The first-order valence-electron chi connectivity index (χ1n) is 18.8. The van der Waals surface area contributed by atoms with Crippen LogP contribution in [0.1, 0.15) is 63.0 Å². The molecule has 1 aliphatic carbocycles. The number of aliphatic hydroxyl groups excluding tert-OH is 3. The van der Waals surface area contributed by atoms with Gasteiger partial charge in [0.25, 0.3) is 5.09 Å². The van der Waals surface area contributed by atoms with E-state index in [0.717, 1.165) is 5.56 Å². The summed E-state index contributed by atoms with van der Waals surface area (Å²) >= 11 is 5.96. The van der Waals surface area contributed by atoms with Crippen LogP contribution in [-0.4, -0.2) is 89.5 Å². The second-order valence-electron chi connectivity index (χ2n) is 13.5. The van der Waals surface area contributed by atoms with Gasteiger partial charge >= 0.3 is 11.9 Å². The number of esters is 2. The van der Waals surface area contributed by atoms with Crippen LogP contribution in [0.15, 0.2) is 78.9 Å². The number of allylic oxidation sites excluding steroid dienone is 3. The molecule has 1 aliphatic rings. The summed E-state index contributed by atoms with van der Waals surface area (Å²) in [5.74, 6) is -1.01. The number of hydrogen-bond donors (Lipinski definition) is 4. The molecule has 1 fully saturated rings. The maximum Gasteiger partial charge on any atom is 0.330 e. The lowest BCUT2D eigenvalue weighted by molar-refractivity contribution is -0.757. The van der Waals surface area contributed by atoms with Crippen LogP contribution in [0.2, 0.25) is 5.02 Å². The Morgan fingerprint density at radius 2 is 1.82 bits per heavy atom. The van der Waals surface area contributed by atoms with Gasteiger partial charge < -0.3 is 44.4 Å². The van der Waals surface area contributed by atoms with Crippen molar-refractivity contribution in [1.29, 1.82) is 0 Å². The van der Waals surface area contributed by atoms with Crippen LogP contribution in [0.3, 0.4) is 0 Å². The summed E-state index contributed by atoms with van der Waals surface area (Å²) in [4.78, 5) is 51.4. The van der Waals surface area contributed by atoms with Crippen molar-refractivity contribution in [2.45, 2.75) is 89.3 Å². The highest BCUT2D eigenvalue weighted by Gasteiger charge is 2.39. The van der Waals surface area contributed by atoms with Crippen molar-refractivity contribution in [3.05, 3.63) is 105 Å². The Bertz CT molecular complexity index is 1680. The second-order valence-corrected chi connectivity index (χ2v) is 13.9. The molecule has 0 saturated heterocycles. The zero-order chi connectivity index (χ0) is 41.6. The zero-order valence-corrected chi connectivity index (χ0v) is 33.0. The van der Waals surface area contributed by atoms with Crippen LogP contribution in [-0.2, 0) is 41.7 Å². The highest BCUT2D eigenvalue weighted by Crippen LogP contribution is 2.36. The Balaban J connectivity index is 1.33. The maximum absolute atomic E-state index is 12.6. The molecule has 1 amide bonds. The number of benzene rings is 2. The van der Waals surface area contributed by atoms with E-state index in [2.05, 4.69) is 10.2 Å². The lowest BCUT2D eigenvalue weighted by Crippen LogP contribution is -2.39. The minimum absolute atomic E-state index is 0.00755. The summed E-state index contributed by atoms with van der Waals surface area (Å²) in [5, 5.41) is 43.9. The highest BCUT2D eigenvalue weighted by atomic mass is 35.5. The largest absolute Gasteiger partial charge is 0.496 e. The van der Waals surface area contributed by atoms with Crippen molar-refractivity contribution in [3.8, 4) is 11.5 Å². The molecule has 0 aliphatic heterocycles. The minimum Gasteiger partial charge on any atom is -0.496 e. The average molecular weight is 817 g/mol. The maximum atomic E-state index is 12.6. The minimum atomic E-state index is -0.914. The number of nitrogens with zero attached hydrogens (tertiary/aromatic N) is 1. The van der Waals surface area contributed by atoms with Gasteiger partial charge in [-0.3, -0.25) is 4.79 Å². The van der Waals surface area contributed by atoms with Gasteiger partial charge in [-0.15, -0.1) is 10.1 Å². The van der Waals surface area contributed by atoms with E-state index in [1.54, 1.807) is 67.6 Å². The van der Waals surface area contributed by atoms with Crippen LogP contribution in [0.25, 0.3) is 0 Å². The van der Waals surface area contributed by atoms with Gasteiger partial charge in [-0.1, -0.05) is 60.2 Å². The fraction of sp³-hybridized carbons (Fsp3) is 0.488. The highest BCUT2D eigenvalue weighted by molar-refractivity contribution is 6.30. The van der Waals surface area contributed by atoms with E-state index in [9.17, 15) is 39.8 Å². The van der Waals surface area contributed by atoms with Gasteiger partial charge in [-0.2, -0.15) is 0 Å². The SMILES string of the molecule is COc1cc(C/C=C/C(=O)OCCCCO[N+](=O)[O-])ccc1COC(=O)C(C)NC(=O)CCC/C=C\C[C@@H]1[C@@H](/C=C/[C@@H](O)COc2cccc(Cl)c2)[C@H](O)C[C@@H]1O. The Morgan fingerprint density at radius 1 is 1.04 bits per heavy atom. The van der Waals surface area contributed by atoms with Gasteiger partial charge in [0.1, 0.15) is 36.9 Å². The molecule has 0 bridgehead atoms. The summed E-state index contributed by atoms with van der Waals surface area (Å²) < 4.78 is 21.5. The third-order valence-corrected chi connectivity index (χ3v) is 9.31. The molecular formula is C41H53ClN2O13. The van der Waals surface area contributed by atoms with Crippen LogP contribution >= 0.6 is 11.6 Å². The number of nitrogens with one attached hydrogen (secondary N) is 1. The lowest BCUT2D eigenvalue weighted by Gasteiger charge is -2.19. The number of amides is 1. The van der Waals surface area contributed by atoms with E-state index >= 15 is 0 Å². The summed E-state index contributed by atoms with van der Waals surface area (Å²) in [7, 11) is 1.49. The molecule has 0 spiro atoms.